The third kappa shape index (κ3) is 8.98. The van der Waals surface area contributed by atoms with E-state index >= 15 is 0 Å². The standard InChI is InChI=1S/C15H29N3S/c1-2-16-15(19)18-17-14-12-10-8-6-4-3-5-7-9-11-13-14/h2-13H2,1H3,(H2,16,18,19). The van der Waals surface area contributed by atoms with Gasteiger partial charge in [-0.2, -0.15) is 5.10 Å². The van der Waals surface area contributed by atoms with Crippen LogP contribution in [0.1, 0.15) is 77.6 Å². The molecule has 0 heterocycles. The molecule has 0 saturated heterocycles. The highest BCUT2D eigenvalue weighted by Crippen LogP contribution is 2.15. The van der Waals surface area contributed by atoms with E-state index in [9.17, 15) is 0 Å². The van der Waals surface area contributed by atoms with E-state index in [0.717, 1.165) is 19.4 Å². The molecule has 0 aromatic carbocycles. The fourth-order valence-corrected chi connectivity index (χ4v) is 2.65. The minimum absolute atomic E-state index is 0.640. The molecule has 19 heavy (non-hydrogen) atoms. The van der Waals surface area contributed by atoms with Crippen LogP contribution < -0.4 is 10.7 Å². The van der Waals surface area contributed by atoms with E-state index in [-0.39, 0.29) is 0 Å². The zero-order valence-electron chi connectivity index (χ0n) is 12.3. The van der Waals surface area contributed by atoms with Crippen molar-refractivity contribution in [3.05, 3.63) is 0 Å². The number of rotatable bonds is 2. The summed E-state index contributed by atoms with van der Waals surface area (Å²) in [7, 11) is 0. The molecule has 0 aliphatic heterocycles. The lowest BCUT2D eigenvalue weighted by Crippen LogP contribution is -2.32. The van der Waals surface area contributed by atoms with Crippen LogP contribution in [-0.2, 0) is 0 Å². The van der Waals surface area contributed by atoms with Crippen molar-refractivity contribution in [3.8, 4) is 0 Å². The smallest absolute Gasteiger partial charge is 0.186 e. The first-order valence-corrected chi connectivity index (χ1v) is 8.33. The molecule has 0 aromatic rings. The van der Waals surface area contributed by atoms with Crippen LogP contribution in [-0.4, -0.2) is 17.4 Å². The Hall–Kier alpha value is -0.640. The maximum absolute atomic E-state index is 5.14. The maximum Gasteiger partial charge on any atom is 0.186 e. The zero-order chi connectivity index (χ0) is 13.8. The highest BCUT2D eigenvalue weighted by Gasteiger charge is 2.03. The summed E-state index contributed by atoms with van der Waals surface area (Å²) in [5, 5.41) is 8.20. The molecule has 2 N–H and O–H groups in total. The van der Waals surface area contributed by atoms with Gasteiger partial charge in [0.1, 0.15) is 0 Å². The van der Waals surface area contributed by atoms with Crippen LogP contribution in [0.25, 0.3) is 0 Å². The third-order valence-electron chi connectivity index (χ3n) is 3.58. The fourth-order valence-electron chi connectivity index (χ4n) is 2.46. The van der Waals surface area contributed by atoms with Crippen LogP contribution in [0.4, 0.5) is 0 Å². The highest BCUT2D eigenvalue weighted by molar-refractivity contribution is 7.80. The molecule has 0 amide bonds. The Labute approximate surface area is 123 Å². The lowest BCUT2D eigenvalue weighted by Gasteiger charge is -2.10. The SMILES string of the molecule is CCNC(=S)NN=C1CCCCCCCCCCC1. The van der Waals surface area contributed by atoms with Crippen LogP contribution in [0.5, 0.6) is 0 Å². The number of nitrogens with zero attached hydrogens (tertiary/aromatic N) is 1. The van der Waals surface area contributed by atoms with E-state index < -0.39 is 0 Å². The summed E-state index contributed by atoms with van der Waals surface area (Å²) in [4.78, 5) is 0. The molecule has 1 rings (SSSR count). The minimum Gasteiger partial charge on any atom is -0.362 e. The average molecular weight is 283 g/mol. The van der Waals surface area contributed by atoms with Gasteiger partial charge in [-0.15, -0.1) is 0 Å². The lowest BCUT2D eigenvalue weighted by atomic mass is 10.00. The van der Waals surface area contributed by atoms with Gasteiger partial charge >= 0.3 is 0 Å². The van der Waals surface area contributed by atoms with Gasteiger partial charge in [-0.05, 0) is 44.8 Å². The quantitative estimate of drug-likeness (QED) is 0.591. The van der Waals surface area contributed by atoms with Gasteiger partial charge in [-0.25, -0.2) is 0 Å². The van der Waals surface area contributed by atoms with Gasteiger partial charge in [0.15, 0.2) is 5.11 Å². The molecule has 4 heteroatoms. The summed E-state index contributed by atoms with van der Waals surface area (Å²) >= 11 is 5.14. The van der Waals surface area contributed by atoms with Crippen LogP contribution in [0, 0.1) is 0 Å². The molecule has 1 saturated carbocycles. The zero-order valence-corrected chi connectivity index (χ0v) is 13.2. The first-order valence-electron chi connectivity index (χ1n) is 7.92. The van der Waals surface area contributed by atoms with E-state index in [0.29, 0.717) is 5.11 Å². The lowest BCUT2D eigenvalue weighted by molar-refractivity contribution is 0.555. The molecule has 1 aliphatic rings. The van der Waals surface area contributed by atoms with E-state index in [4.69, 9.17) is 12.2 Å². The highest BCUT2D eigenvalue weighted by atomic mass is 32.1. The fraction of sp³-hybridized carbons (Fsp3) is 0.867. The van der Waals surface area contributed by atoms with Gasteiger partial charge in [-0.3, -0.25) is 5.43 Å². The largest absolute Gasteiger partial charge is 0.362 e. The Morgan fingerprint density at radius 2 is 1.42 bits per heavy atom. The summed E-state index contributed by atoms with van der Waals surface area (Å²) in [5.41, 5.74) is 4.27. The molecule has 3 nitrogen and oxygen atoms in total. The molecule has 1 aliphatic carbocycles. The first-order chi connectivity index (χ1) is 9.33. The summed E-state index contributed by atoms with van der Waals surface area (Å²) < 4.78 is 0. The first kappa shape index (κ1) is 16.4. The molecule has 0 radical (unpaired) electrons. The molecule has 0 aromatic heterocycles. The molecule has 0 bridgehead atoms. The second kappa shape index (κ2) is 11.2. The van der Waals surface area contributed by atoms with Crippen molar-refractivity contribution in [2.45, 2.75) is 77.6 Å². The Kier molecular flexibility index (Phi) is 9.68. The van der Waals surface area contributed by atoms with Gasteiger partial charge in [-0.1, -0.05) is 44.9 Å². The van der Waals surface area contributed by atoms with Crippen molar-refractivity contribution in [1.29, 1.82) is 0 Å². The van der Waals surface area contributed by atoms with Gasteiger partial charge in [0.25, 0.3) is 0 Å². The van der Waals surface area contributed by atoms with Crippen molar-refractivity contribution in [3.63, 3.8) is 0 Å². The molecular formula is C15H29N3S. The predicted octanol–water partition coefficient (Wildman–Crippen LogP) is 4.13. The number of hydrogen-bond donors (Lipinski definition) is 2. The maximum atomic E-state index is 5.14. The Bertz CT molecular complexity index is 263. The van der Waals surface area contributed by atoms with Gasteiger partial charge in [0.2, 0.25) is 0 Å². The molecule has 0 spiro atoms. The summed E-state index contributed by atoms with van der Waals surface area (Å²) in [5.74, 6) is 0. The monoisotopic (exact) mass is 283 g/mol. The van der Waals surface area contributed by atoms with Crippen LogP contribution >= 0.6 is 12.2 Å². The summed E-state index contributed by atoms with van der Waals surface area (Å²) in [6, 6.07) is 0. The van der Waals surface area contributed by atoms with Crippen molar-refractivity contribution in [2.24, 2.45) is 5.10 Å². The number of thiocarbonyl (C=S) groups is 1. The van der Waals surface area contributed by atoms with E-state index in [2.05, 4.69) is 15.8 Å². The number of nitrogens with one attached hydrogen (secondary N) is 2. The molecule has 1 fully saturated rings. The van der Waals surface area contributed by atoms with Crippen molar-refractivity contribution < 1.29 is 0 Å². The van der Waals surface area contributed by atoms with Crippen LogP contribution in [0.15, 0.2) is 5.10 Å². The van der Waals surface area contributed by atoms with Gasteiger partial charge in [0, 0.05) is 12.3 Å². The van der Waals surface area contributed by atoms with E-state index in [1.165, 1.54) is 63.5 Å². The van der Waals surface area contributed by atoms with E-state index in [1.807, 2.05) is 6.92 Å². The van der Waals surface area contributed by atoms with Crippen LogP contribution in [0.2, 0.25) is 0 Å². The van der Waals surface area contributed by atoms with Crippen molar-refractivity contribution >= 4 is 23.0 Å². The average Bonchev–Trinajstić information content (AvgIpc) is 2.38. The van der Waals surface area contributed by atoms with E-state index in [1.54, 1.807) is 0 Å². The molecule has 0 atom stereocenters. The Morgan fingerprint density at radius 3 is 1.89 bits per heavy atom. The predicted molar refractivity (Wildman–Crippen MR) is 87.6 cm³/mol. The Morgan fingerprint density at radius 1 is 0.947 bits per heavy atom. The number of hydrazone groups is 1. The van der Waals surface area contributed by atoms with Gasteiger partial charge in [0.05, 0.1) is 0 Å². The molecule has 110 valence electrons. The second-order valence-electron chi connectivity index (χ2n) is 5.33. The van der Waals surface area contributed by atoms with Crippen molar-refractivity contribution in [2.75, 3.05) is 6.54 Å². The second-order valence-corrected chi connectivity index (χ2v) is 5.74. The topological polar surface area (TPSA) is 36.4 Å². The molecular weight excluding hydrogens is 254 g/mol. The third-order valence-corrected chi connectivity index (χ3v) is 3.82. The van der Waals surface area contributed by atoms with Crippen LogP contribution in [0.3, 0.4) is 0 Å². The number of hydrogen-bond acceptors (Lipinski definition) is 2. The summed E-state index contributed by atoms with van der Waals surface area (Å²) in [6.07, 6.45) is 14.5. The normalized spacial score (nSPS) is 18.9. The van der Waals surface area contributed by atoms with Crippen molar-refractivity contribution in [1.82, 2.24) is 10.7 Å². The Balaban J connectivity index is 2.37. The summed E-state index contributed by atoms with van der Waals surface area (Å²) in [6.45, 7) is 2.88. The minimum atomic E-state index is 0.640. The molecule has 0 unspecified atom stereocenters. The van der Waals surface area contributed by atoms with Gasteiger partial charge < -0.3 is 5.32 Å².